The Balaban J connectivity index is 0.000000954. The van der Waals surface area contributed by atoms with Gasteiger partial charge in [0.1, 0.15) is 0 Å². The van der Waals surface area contributed by atoms with Crippen molar-refractivity contribution in [1.29, 1.82) is 0 Å². The van der Waals surface area contributed by atoms with Crippen LogP contribution in [0.2, 0.25) is 0 Å². The molecule has 0 saturated heterocycles. The minimum atomic E-state index is -0.980. The van der Waals surface area contributed by atoms with Gasteiger partial charge in [0.05, 0.1) is 18.3 Å². The van der Waals surface area contributed by atoms with E-state index in [0.29, 0.717) is 32.1 Å². The molecule has 0 spiro atoms. The van der Waals surface area contributed by atoms with E-state index in [4.69, 9.17) is 5.11 Å². The van der Waals surface area contributed by atoms with Crippen LogP contribution in [0.25, 0.3) is 0 Å². The van der Waals surface area contributed by atoms with Gasteiger partial charge in [-0.25, -0.2) is 0 Å². The quantitative estimate of drug-likeness (QED) is 0.226. The zero-order chi connectivity index (χ0) is 23.6. The number of carbonyl (C=O) groups is 2. The Bertz CT molecular complexity index is 532. The molecule has 180 valence electrons. The minimum absolute atomic E-state index is 0.0227. The number of rotatable bonds is 15. The summed E-state index contributed by atoms with van der Waals surface area (Å²) in [5.41, 5.74) is 0. The van der Waals surface area contributed by atoms with Crippen LogP contribution >= 0.6 is 0 Å². The predicted molar refractivity (Wildman–Crippen MR) is 118 cm³/mol. The number of allylic oxidation sites excluding steroid dienone is 3. The number of carboxylic acid groups (broad SMARTS) is 2. The molecule has 0 amide bonds. The van der Waals surface area contributed by atoms with Crippen molar-refractivity contribution in [2.75, 3.05) is 0 Å². The summed E-state index contributed by atoms with van der Waals surface area (Å²) in [6.07, 6.45) is 11.6. The normalized spacial score (nSPS) is 23.9. The Morgan fingerprint density at radius 3 is 2.29 bits per heavy atom. The average Bonchev–Trinajstić information content (AvgIpc) is 2.96. The highest BCUT2D eigenvalue weighted by atomic mass is 16.4. The summed E-state index contributed by atoms with van der Waals surface area (Å²) in [6, 6.07) is 0. The molecule has 0 aromatic carbocycles. The van der Waals surface area contributed by atoms with E-state index in [-0.39, 0.29) is 30.8 Å². The third kappa shape index (κ3) is 14.9. The fourth-order valence-electron chi connectivity index (χ4n) is 3.90. The largest absolute Gasteiger partial charge is 0.550 e. The van der Waals surface area contributed by atoms with Crippen LogP contribution in [-0.4, -0.2) is 50.7 Å². The number of aliphatic hydroxyl groups is 3. The molecule has 0 bridgehead atoms. The van der Waals surface area contributed by atoms with Crippen LogP contribution in [0.15, 0.2) is 24.8 Å². The van der Waals surface area contributed by atoms with Gasteiger partial charge in [0.15, 0.2) is 0 Å². The third-order valence-corrected chi connectivity index (χ3v) is 5.60. The monoisotopic (exact) mass is 441 g/mol. The van der Waals surface area contributed by atoms with Crippen LogP contribution in [0.4, 0.5) is 0 Å². The van der Waals surface area contributed by atoms with Crippen molar-refractivity contribution < 1.29 is 35.1 Å². The maximum absolute atomic E-state index is 10.4. The molecule has 0 heterocycles. The number of aliphatic carboxylic acids is 2. The minimum Gasteiger partial charge on any atom is -0.550 e. The molecule has 1 saturated carbocycles. The van der Waals surface area contributed by atoms with Gasteiger partial charge < -0.3 is 30.3 Å². The highest BCUT2D eigenvalue weighted by Crippen LogP contribution is 2.38. The van der Waals surface area contributed by atoms with E-state index < -0.39 is 24.1 Å². The van der Waals surface area contributed by atoms with Gasteiger partial charge in [0.2, 0.25) is 0 Å². The molecule has 31 heavy (non-hydrogen) atoms. The first kappa shape index (κ1) is 29.3. The Hall–Kier alpha value is -1.70. The maximum atomic E-state index is 10.4. The average molecular weight is 442 g/mol. The van der Waals surface area contributed by atoms with Gasteiger partial charge in [-0.3, -0.25) is 4.79 Å². The summed E-state index contributed by atoms with van der Waals surface area (Å²) >= 11 is 0. The molecule has 5 atom stereocenters. The van der Waals surface area contributed by atoms with Gasteiger partial charge in [-0.15, -0.1) is 6.58 Å². The summed E-state index contributed by atoms with van der Waals surface area (Å²) in [5.74, 6) is -1.71. The van der Waals surface area contributed by atoms with Gasteiger partial charge in [-0.1, -0.05) is 31.6 Å². The molecule has 7 heteroatoms. The van der Waals surface area contributed by atoms with Crippen LogP contribution in [0.3, 0.4) is 0 Å². The van der Waals surface area contributed by atoms with Gasteiger partial charge in [-0.2, -0.15) is 0 Å². The zero-order valence-electron chi connectivity index (χ0n) is 18.8. The van der Waals surface area contributed by atoms with Crippen molar-refractivity contribution in [3.05, 3.63) is 24.8 Å². The van der Waals surface area contributed by atoms with Gasteiger partial charge in [0, 0.05) is 12.4 Å². The second kappa shape index (κ2) is 17.9. The summed E-state index contributed by atoms with van der Waals surface area (Å²) < 4.78 is 0. The molecule has 1 aliphatic rings. The SMILES string of the molecule is C=CCCCC(=O)[O-].CCC[C@H](O)CC[C@@H]1[C@@H](C/C=C\CCCC(=O)O)[C@@H](O)C[C@H]1O. The lowest BCUT2D eigenvalue weighted by atomic mass is 9.86. The van der Waals surface area contributed by atoms with E-state index in [1.54, 1.807) is 6.08 Å². The van der Waals surface area contributed by atoms with Crippen LogP contribution in [0.1, 0.15) is 84.0 Å². The third-order valence-electron chi connectivity index (χ3n) is 5.60. The first-order chi connectivity index (χ1) is 14.7. The lowest BCUT2D eigenvalue weighted by molar-refractivity contribution is -0.305. The summed E-state index contributed by atoms with van der Waals surface area (Å²) in [5, 5.41) is 48.4. The number of carbonyl (C=O) groups excluding carboxylic acids is 1. The van der Waals surface area contributed by atoms with Crippen molar-refractivity contribution in [2.24, 2.45) is 11.8 Å². The fourth-order valence-corrected chi connectivity index (χ4v) is 3.90. The Morgan fingerprint density at radius 2 is 1.71 bits per heavy atom. The Kier molecular flexibility index (Phi) is 16.9. The number of carboxylic acids is 2. The molecule has 0 radical (unpaired) electrons. The lowest BCUT2D eigenvalue weighted by Crippen LogP contribution is -2.23. The molecule has 0 aromatic heterocycles. The van der Waals surface area contributed by atoms with E-state index in [1.807, 2.05) is 19.1 Å². The van der Waals surface area contributed by atoms with Gasteiger partial charge >= 0.3 is 5.97 Å². The number of unbranched alkanes of at least 4 members (excludes halogenated alkanes) is 2. The van der Waals surface area contributed by atoms with Crippen LogP contribution in [-0.2, 0) is 9.59 Å². The Labute approximate surface area is 186 Å². The zero-order valence-corrected chi connectivity index (χ0v) is 18.8. The van der Waals surface area contributed by atoms with E-state index in [0.717, 1.165) is 32.1 Å². The second-order valence-corrected chi connectivity index (χ2v) is 8.26. The molecule has 7 nitrogen and oxygen atoms in total. The number of hydrogen-bond acceptors (Lipinski definition) is 6. The first-order valence-corrected chi connectivity index (χ1v) is 11.4. The number of aliphatic hydroxyl groups excluding tert-OH is 3. The van der Waals surface area contributed by atoms with Crippen molar-refractivity contribution in [1.82, 2.24) is 0 Å². The predicted octanol–water partition coefficient (Wildman–Crippen LogP) is 2.58. The molecule has 0 unspecified atom stereocenters. The Morgan fingerprint density at radius 1 is 1.06 bits per heavy atom. The lowest BCUT2D eigenvalue weighted by Gasteiger charge is -2.23. The second-order valence-electron chi connectivity index (χ2n) is 8.26. The summed E-state index contributed by atoms with van der Waals surface area (Å²) in [4.78, 5) is 20.2. The molecule has 4 N–H and O–H groups in total. The molecular weight excluding hydrogens is 400 g/mol. The molecule has 0 aliphatic heterocycles. The maximum Gasteiger partial charge on any atom is 0.303 e. The van der Waals surface area contributed by atoms with Gasteiger partial charge in [0.25, 0.3) is 0 Å². The van der Waals surface area contributed by atoms with E-state index in [9.17, 15) is 30.0 Å². The van der Waals surface area contributed by atoms with Crippen LogP contribution < -0.4 is 5.11 Å². The molecular formula is C24H41O7-. The van der Waals surface area contributed by atoms with E-state index in [1.165, 1.54) is 0 Å². The van der Waals surface area contributed by atoms with Crippen LogP contribution in [0, 0.1) is 11.8 Å². The topological polar surface area (TPSA) is 138 Å². The molecule has 1 rings (SSSR count). The van der Waals surface area contributed by atoms with Gasteiger partial charge in [-0.05, 0) is 76.0 Å². The van der Waals surface area contributed by atoms with E-state index in [2.05, 4.69) is 6.58 Å². The van der Waals surface area contributed by atoms with Crippen LogP contribution in [0.5, 0.6) is 0 Å². The highest BCUT2D eigenvalue weighted by Gasteiger charge is 2.40. The smallest absolute Gasteiger partial charge is 0.303 e. The standard InChI is InChI=1S/C18H32O5.C6H10O2/c1-2-7-13(19)10-11-15-14(16(20)12-17(15)21)8-5-3-4-6-9-18(22)23;1-2-3-4-5-6(7)8/h3,5,13-17,19-21H,2,4,6-12H2,1H3,(H,22,23);2H,1,3-5H2,(H,7,8)/p-1/b5-3-;/t13-,14+,15+,16-,17+;/m0./s1. The number of hydrogen-bond donors (Lipinski definition) is 4. The van der Waals surface area contributed by atoms with E-state index >= 15 is 0 Å². The van der Waals surface area contributed by atoms with Crippen molar-refractivity contribution in [3.8, 4) is 0 Å². The molecule has 1 aliphatic carbocycles. The first-order valence-electron chi connectivity index (χ1n) is 11.4. The summed E-state index contributed by atoms with van der Waals surface area (Å²) in [6.45, 7) is 5.48. The fraction of sp³-hybridized carbons (Fsp3) is 0.750. The molecule has 0 aromatic rings. The van der Waals surface area contributed by atoms with Crippen molar-refractivity contribution in [2.45, 2.75) is 102 Å². The van der Waals surface area contributed by atoms with Crippen molar-refractivity contribution >= 4 is 11.9 Å². The van der Waals surface area contributed by atoms with Crippen molar-refractivity contribution in [3.63, 3.8) is 0 Å². The molecule has 1 fully saturated rings. The summed E-state index contributed by atoms with van der Waals surface area (Å²) in [7, 11) is 0. The highest BCUT2D eigenvalue weighted by molar-refractivity contribution is 5.66.